The molecule has 0 radical (unpaired) electrons. The van der Waals surface area contributed by atoms with E-state index >= 15 is 0 Å². The van der Waals surface area contributed by atoms with Gasteiger partial charge in [0.05, 0.1) is 11.6 Å². The number of carbonyl (C=O) groups excluding carboxylic acids is 2. The molecule has 0 saturated heterocycles. The highest BCUT2D eigenvalue weighted by molar-refractivity contribution is 6.17. The molecule has 4 heteroatoms. The Labute approximate surface area is 153 Å². The van der Waals surface area contributed by atoms with Crippen LogP contribution in [0, 0.1) is 19.8 Å². The molecule has 1 N–H and O–H groups in total. The van der Waals surface area contributed by atoms with Crippen LogP contribution in [-0.2, 0) is 9.59 Å². The highest BCUT2D eigenvalue weighted by Crippen LogP contribution is 2.42. The number of benzene rings is 2. The van der Waals surface area contributed by atoms with Crippen molar-refractivity contribution in [3.8, 4) is 0 Å². The number of anilines is 1. The van der Waals surface area contributed by atoms with Crippen LogP contribution in [0.1, 0.15) is 36.6 Å². The molecule has 26 heavy (non-hydrogen) atoms. The summed E-state index contributed by atoms with van der Waals surface area (Å²) in [5, 5.41) is 10.6. The van der Waals surface area contributed by atoms with Gasteiger partial charge in [-0.3, -0.25) is 14.5 Å². The molecule has 4 nitrogen and oxygen atoms in total. The maximum Gasteiger partial charge on any atom is 0.294 e. The molecule has 1 aliphatic heterocycles. The molecular formula is C22H23NO3. The van der Waals surface area contributed by atoms with Crippen LogP contribution in [0.15, 0.2) is 59.9 Å². The van der Waals surface area contributed by atoms with E-state index in [2.05, 4.69) is 0 Å². The Balaban J connectivity index is 2.23. The molecule has 134 valence electrons. The second-order valence-corrected chi connectivity index (χ2v) is 7.06. The number of Topliss-reactive ketones (excluding diaryl/α,β-unsaturated/α-hetero) is 1. The Hall–Kier alpha value is -2.88. The van der Waals surface area contributed by atoms with E-state index in [0.29, 0.717) is 5.69 Å². The van der Waals surface area contributed by atoms with E-state index in [4.69, 9.17) is 0 Å². The third kappa shape index (κ3) is 2.92. The van der Waals surface area contributed by atoms with E-state index < -0.39 is 17.7 Å². The largest absolute Gasteiger partial charge is 0.503 e. The smallest absolute Gasteiger partial charge is 0.294 e. The fraction of sp³-hybridized carbons (Fsp3) is 0.273. The van der Waals surface area contributed by atoms with Crippen molar-refractivity contribution in [2.45, 2.75) is 33.7 Å². The number of para-hydroxylation sites is 1. The number of aryl methyl sites for hydroxylation is 2. The standard InChI is InChI=1S/C22H23NO3/c1-13(2)20(24)18-19(16-10-7-8-14(3)12-16)23(22(26)21(18)25)17-11-6-5-9-15(17)4/h5-13,19,25H,1-4H3. The molecule has 0 fully saturated rings. The maximum absolute atomic E-state index is 12.9. The Kier molecular flexibility index (Phi) is 4.68. The molecule has 1 unspecified atom stereocenters. The fourth-order valence-electron chi connectivity index (χ4n) is 3.41. The molecule has 0 aromatic heterocycles. The molecule has 1 atom stereocenters. The normalized spacial score (nSPS) is 17.3. The van der Waals surface area contributed by atoms with Gasteiger partial charge in [-0.2, -0.15) is 0 Å². The van der Waals surface area contributed by atoms with Crippen LogP contribution in [-0.4, -0.2) is 16.8 Å². The first-order chi connectivity index (χ1) is 12.3. The lowest BCUT2D eigenvalue weighted by Crippen LogP contribution is -2.32. The highest BCUT2D eigenvalue weighted by Gasteiger charge is 2.45. The molecule has 0 bridgehead atoms. The zero-order chi connectivity index (χ0) is 19.0. The Morgan fingerprint density at radius 2 is 1.77 bits per heavy atom. The summed E-state index contributed by atoms with van der Waals surface area (Å²) >= 11 is 0. The van der Waals surface area contributed by atoms with Crippen molar-refractivity contribution in [2.24, 2.45) is 5.92 Å². The van der Waals surface area contributed by atoms with Gasteiger partial charge in [0.25, 0.3) is 5.91 Å². The summed E-state index contributed by atoms with van der Waals surface area (Å²) in [4.78, 5) is 27.3. The van der Waals surface area contributed by atoms with E-state index in [0.717, 1.165) is 16.7 Å². The number of hydrogen-bond acceptors (Lipinski definition) is 3. The summed E-state index contributed by atoms with van der Waals surface area (Å²) in [5.74, 6) is -1.50. The number of amides is 1. The summed E-state index contributed by atoms with van der Waals surface area (Å²) < 4.78 is 0. The molecule has 1 aliphatic rings. The van der Waals surface area contributed by atoms with Crippen molar-refractivity contribution >= 4 is 17.4 Å². The topological polar surface area (TPSA) is 57.6 Å². The molecule has 0 aliphatic carbocycles. The van der Waals surface area contributed by atoms with Crippen LogP contribution in [0.25, 0.3) is 0 Å². The summed E-state index contributed by atoms with van der Waals surface area (Å²) in [6, 6.07) is 14.6. The minimum Gasteiger partial charge on any atom is -0.503 e. The van der Waals surface area contributed by atoms with Crippen LogP contribution >= 0.6 is 0 Å². The van der Waals surface area contributed by atoms with Crippen molar-refractivity contribution in [2.75, 3.05) is 4.90 Å². The number of aliphatic hydroxyl groups excluding tert-OH is 1. The van der Waals surface area contributed by atoms with Gasteiger partial charge in [-0.25, -0.2) is 0 Å². The number of aliphatic hydroxyl groups is 1. The van der Waals surface area contributed by atoms with Gasteiger partial charge >= 0.3 is 0 Å². The molecule has 3 rings (SSSR count). The summed E-state index contributed by atoms with van der Waals surface area (Å²) in [7, 11) is 0. The molecule has 0 saturated carbocycles. The lowest BCUT2D eigenvalue weighted by atomic mass is 9.90. The molecule has 2 aromatic rings. The number of rotatable bonds is 4. The first-order valence-electron chi connectivity index (χ1n) is 8.76. The van der Waals surface area contributed by atoms with Gasteiger partial charge in [0, 0.05) is 11.6 Å². The predicted octanol–water partition coefficient (Wildman–Crippen LogP) is 4.43. The van der Waals surface area contributed by atoms with Gasteiger partial charge < -0.3 is 5.11 Å². The first kappa shape index (κ1) is 17.9. The summed E-state index contributed by atoms with van der Waals surface area (Å²) in [5.41, 5.74) is 3.63. The molecule has 0 spiro atoms. The van der Waals surface area contributed by atoms with Crippen LogP contribution < -0.4 is 4.90 Å². The van der Waals surface area contributed by atoms with Crippen LogP contribution in [0.3, 0.4) is 0 Å². The zero-order valence-corrected chi connectivity index (χ0v) is 15.5. The van der Waals surface area contributed by atoms with E-state index in [1.54, 1.807) is 13.8 Å². The maximum atomic E-state index is 12.9. The molecule has 1 heterocycles. The van der Waals surface area contributed by atoms with Gasteiger partial charge in [-0.15, -0.1) is 0 Å². The Morgan fingerprint density at radius 1 is 1.08 bits per heavy atom. The first-order valence-corrected chi connectivity index (χ1v) is 8.76. The van der Waals surface area contributed by atoms with Crippen LogP contribution in [0.4, 0.5) is 5.69 Å². The zero-order valence-electron chi connectivity index (χ0n) is 15.5. The Bertz CT molecular complexity index is 911. The van der Waals surface area contributed by atoms with Crippen molar-refractivity contribution in [3.63, 3.8) is 0 Å². The summed E-state index contributed by atoms with van der Waals surface area (Å²) in [6.07, 6.45) is 0. The number of ketones is 1. The van der Waals surface area contributed by atoms with Gasteiger partial charge in [-0.05, 0) is 31.0 Å². The lowest BCUT2D eigenvalue weighted by molar-refractivity contribution is -0.119. The third-order valence-corrected chi connectivity index (χ3v) is 4.73. The second-order valence-electron chi connectivity index (χ2n) is 7.06. The minimum absolute atomic E-state index is 0.179. The van der Waals surface area contributed by atoms with Crippen molar-refractivity contribution < 1.29 is 14.7 Å². The van der Waals surface area contributed by atoms with Gasteiger partial charge in [0.15, 0.2) is 11.5 Å². The average molecular weight is 349 g/mol. The van der Waals surface area contributed by atoms with Gasteiger partial charge in [0.1, 0.15) is 0 Å². The van der Waals surface area contributed by atoms with E-state index in [1.807, 2.05) is 62.4 Å². The number of hydrogen-bond donors (Lipinski definition) is 1. The van der Waals surface area contributed by atoms with Crippen molar-refractivity contribution in [3.05, 3.63) is 76.6 Å². The minimum atomic E-state index is -0.626. The average Bonchev–Trinajstić information content (AvgIpc) is 2.86. The van der Waals surface area contributed by atoms with Gasteiger partial charge in [0.2, 0.25) is 0 Å². The van der Waals surface area contributed by atoms with E-state index in [9.17, 15) is 14.7 Å². The predicted molar refractivity (Wildman–Crippen MR) is 102 cm³/mol. The van der Waals surface area contributed by atoms with E-state index in [1.165, 1.54) is 4.90 Å². The molecule has 1 amide bonds. The second kappa shape index (κ2) is 6.79. The van der Waals surface area contributed by atoms with Crippen molar-refractivity contribution in [1.29, 1.82) is 0 Å². The summed E-state index contributed by atoms with van der Waals surface area (Å²) in [6.45, 7) is 7.43. The third-order valence-electron chi connectivity index (χ3n) is 4.73. The number of carbonyl (C=O) groups is 2. The molecule has 2 aromatic carbocycles. The van der Waals surface area contributed by atoms with E-state index in [-0.39, 0.29) is 17.3 Å². The monoisotopic (exact) mass is 349 g/mol. The SMILES string of the molecule is Cc1cccc(C2C(C(=O)C(C)C)=C(O)C(=O)N2c2ccccc2C)c1. The molecular weight excluding hydrogens is 326 g/mol. The van der Waals surface area contributed by atoms with Crippen LogP contribution in [0.2, 0.25) is 0 Å². The van der Waals surface area contributed by atoms with Crippen LogP contribution in [0.5, 0.6) is 0 Å². The van der Waals surface area contributed by atoms with Gasteiger partial charge in [-0.1, -0.05) is 61.9 Å². The lowest BCUT2D eigenvalue weighted by Gasteiger charge is -2.28. The van der Waals surface area contributed by atoms with Crippen molar-refractivity contribution in [1.82, 2.24) is 0 Å². The number of nitrogens with zero attached hydrogens (tertiary/aromatic N) is 1. The fourth-order valence-corrected chi connectivity index (χ4v) is 3.41. The quantitative estimate of drug-likeness (QED) is 0.888. The Morgan fingerprint density at radius 3 is 2.38 bits per heavy atom. The highest BCUT2D eigenvalue weighted by atomic mass is 16.3.